The summed E-state index contributed by atoms with van der Waals surface area (Å²) in [5.41, 5.74) is 2.80. The first-order valence-electron chi connectivity index (χ1n) is 5.78. The second-order valence-electron chi connectivity index (χ2n) is 4.94. The topological polar surface area (TPSA) is 15.6 Å². The Labute approximate surface area is 92.4 Å². The maximum Gasteiger partial charge on any atom is 0.125 e. The van der Waals surface area contributed by atoms with Gasteiger partial charge in [-0.15, -0.1) is 0 Å². The van der Waals surface area contributed by atoms with E-state index in [9.17, 15) is 0 Å². The number of rotatable bonds is 0. The van der Waals surface area contributed by atoms with Crippen molar-refractivity contribution in [3.63, 3.8) is 0 Å². The Bertz CT molecular complexity index is 334. The average Bonchev–Trinajstić information content (AvgIpc) is 2.22. The van der Waals surface area contributed by atoms with Gasteiger partial charge >= 0.3 is 0 Å². The molecule has 0 spiro atoms. The Morgan fingerprint density at radius 1 is 1.20 bits per heavy atom. The van der Waals surface area contributed by atoms with Gasteiger partial charge in [0.25, 0.3) is 0 Å². The van der Waals surface area contributed by atoms with Gasteiger partial charge in [-0.3, -0.25) is 4.99 Å². The highest BCUT2D eigenvalue weighted by molar-refractivity contribution is 5.81. The molecule has 1 aliphatic heterocycles. The quantitative estimate of drug-likeness (QED) is 0.592. The van der Waals surface area contributed by atoms with Crippen molar-refractivity contribution in [3.05, 3.63) is 23.4 Å². The minimum atomic E-state index is -0.119. The lowest BCUT2D eigenvalue weighted by Crippen LogP contribution is -2.36. The third-order valence-corrected chi connectivity index (χ3v) is 3.45. The van der Waals surface area contributed by atoms with Crippen molar-refractivity contribution in [3.8, 4) is 0 Å². The minimum Gasteiger partial charge on any atom is -0.357 e. The fraction of sp³-hybridized carbons (Fsp3) is 0.615. The Morgan fingerprint density at radius 3 is 2.60 bits per heavy atom. The summed E-state index contributed by atoms with van der Waals surface area (Å²) in [5, 5.41) is 0. The molecular formula is C13H20N2. The zero-order valence-electron chi connectivity index (χ0n) is 9.95. The number of hydrogen-bond donors (Lipinski definition) is 0. The number of nitrogens with zero attached hydrogens (tertiary/aromatic N) is 2. The summed E-state index contributed by atoms with van der Waals surface area (Å²) >= 11 is 0. The first-order chi connectivity index (χ1) is 7.09. The van der Waals surface area contributed by atoms with E-state index in [0.717, 1.165) is 0 Å². The van der Waals surface area contributed by atoms with E-state index in [0.29, 0.717) is 0 Å². The van der Waals surface area contributed by atoms with Gasteiger partial charge < -0.3 is 4.90 Å². The molecule has 0 aromatic heterocycles. The highest BCUT2D eigenvalue weighted by atomic mass is 15.2. The summed E-state index contributed by atoms with van der Waals surface area (Å²) in [7, 11) is 2.09. The van der Waals surface area contributed by atoms with Crippen molar-refractivity contribution in [1.29, 1.82) is 0 Å². The van der Waals surface area contributed by atoms with E-state index in [1.807, 2.05) is 0 Å². The van der Waals surface area contributed by atoms with Crippen molar-refractivity contribution in [2.24, 2.45) is 4.99 Å². The number of hydrogen-bond acceptors (Lipinski definition) is 2. The second-order valence-corrected chi connectivity index (χ2v) is 4.94. The molecule has 1 aliphatic carbocycles. The number of aliphatic imine (C=N–C) groups is 1. The van der Waals surface area contributed by atoms with Crippen LogP contribution in [0.4, 0.5) is 0 Å². The molecule has 0 aromatic rings. The van der Waals surface area contributed by atoms with Crippen molar-refractivity contribution in [2.75, 3.05) is 7.05 Å². The van der Waals surface area contributed by atoms with Crippen LogP contribution in [0.2, 0.25) is 0 Å². The van der Waals surface area contributed by atoms with Gasteiger partial charge in [0.1, 0.15) is 5.66 Å². The van der Waals surface area contributed by atoms with Crippen LogP contribution in [0.25, 0.3) is 0 Å². The van der Waals surface area contributed by atoms with Gasteiger partial charge in [0, 0.05) is 19.5 Å². The largest absolute Gasteiger partial charge is 0.357 e. The fourth-order valence-electron chi connectivity index (χ4n) is 2.00. The molecule has 0 aromatic carbocycles. The van der Waals surface area contributed by atoms with Crippen molar-refractivity contribution in [2.45, 2.75) is 45.2 Å². The smallest absolute Gasteiger partial charge is 0.125 e. The summed E-state index contributed by atoms with van der Waals surface area (Å²) in [5.74, 6) is 0. The maximum atomic E-state index is 4.67. The monoisotopic (exact) mass is 204 g/mol. The first kappa shape index (κ1) is 10.5. The van der Waals surface area contributed by atoms with Crippen molar-refractivity contribution < 1.29 is 0 Å². The molecule has 0 N–H and O–H groups in total. The normalized spacial score (nSPS) is 27.0. The van der Waals surface area contributed by atoms with E-state index >= 15 is 0 Å². The molecule has 0 saturated carbocycles. The molecule has 15 heavy (non-hydrogen) atoms. The molecule has 0 saturated heterocycles. The van der Waals surface area contributed by atoms with Crippen LogP contribution in [0.1, 0.15) is 39.5 Å². The molecule has 0 radical (unpaired) electrons. The fourth-order valence-corrected chi connectivity index (χ4v) is 2.00. The zero-order valence-corrected chi connectivity index (χ0v) is 9.95. The second kappa shape index (κ2) is 3.84. The van der Waals surface area contributed by atoms with E-state index in [1.54, 1.807) is 0 Å². The Morgan fingerprint density at radius 2 is 1.87 bits per heavy atom. The van der Waals surface area contributed by atoms with Crippen LogP contribution in [0, 0.1) is 0 Å². The Kier molecular flexibility index (Phi) is 2.68. The van der Waals surface area contributed by atoms with Gasteiger partial charge in [-0.25, -0.2) is 0 Å². The standard InChI is InChI=1S/C13H20N2/c1-13(2)14-10-12-7-5-4-6-11(12)8-9-15(13)3/h8-10H,4-7H2,1-3H3/b9-8-,14-10?. The summed E-state index contributed by atoms with van der Waals surface area (Å²) < 4.78 is 0. The summed E-state index contributed by atoms with van der Waals surface area (Å²) in [4.78, 5) is 6.84. The molecule has 2 heteroatoms. The molecular weight excluding hydrogens is 184 g/mol. The predicted octanol–water partition coefficient (Wildman–Crippen LogP) is 3.12. The molecule has 2 aliphatic rings. The molecule has 2 nitrogen and oxygen atoms in total. The third kappa shape index (κ3) is 2.14. The lowest BCUT2D eigenvalue weighted by Gasteiger charge is -2.32. The highest BCUT2D eigenvalue weighted by Gasteiger charge is 2.21. The maximum absolute atomic E-state index is 4.67. The van der Waals surface area contributed by atoms with Gasteiger partial charge in [-0.05, 0) is 56.8 Å². The van der Waals surface area contributed by atoms with E-state index in [-0.39, 0.29) is 5.66 Å². The third-order valence-electron chi connectivity index (χ3n) is 3.45. The van der Waals surface area contributed by atoms with Crippen LogP contribution in [-0.2, 0) is 0 Å². The van der Waals surface area contributed by atoms with Crippen molar-refractivity contribution in [1.82, 2.24) is 4.90 Å². The van der Waals surface area contributed by atoms with E-state index in [2.05, 4.69) is 49.3 Å². The summed E-state index contributed by atoms with van der Waals surface area (Å²) in [6.07, 6.45) is 11.6. The Hall–Kier alpha value is -1.05. The van der Waals surface area contributed by atoms with E-state index in [1.165, 1.54) is 36.8 Å². The van der Waals surface area contributed by atoms with Crippen LogP contribution < -0.4 is 0 Å². The Balaban J connectivity index is 2.35. The van der Waals surface area contributed by atoms with Crippen LogP contribution in [0.15, 0.2) is 28.4 Å². The van der Waals surface area contributed by atoms with Crippen LogP contribution in [-0.4, -0.2) is 23.8 Å². The lowest BCUT2D eigenvalue weighted by molar-refractivity contribution is 0.237. The first-order valence-corrected chi connectivity index (χ1v) is 5.78. The van der Waals surface area contributed by atoms with Crippen molar-refractivity contribution >= 4 is 6.21 Å². The zero-order chi connectivity index (χ0) is 10.9. The SMILES string of the molecule is CN1/C=C\C2=C(C=NC1(C)C)CCCC2. The van der Waals surface area contributed by atoms with Crippen LogP contribution in [0.3, 0.4) is 0 Å². The summed E-state index contributed by atoms with van der Waals surface area (Å²) in [6.45, 7) is 4.28. The lowest BCUT2D eigenvalue weighted by atomic mass is 9.92. The van der Waals surface area contributed by atoms with E-state index < -0.39 is 0 Å². The molecule has 0 atom stereocenters. The molecule has 1 heterocycles. The van der Waals surface area contributed by atoms with Gasteiger partial charge in [0.15, 0.2) is 0 Å². The molecule has 2 rings (SSSR count). The minimum absolute atomic E-state index is 0.119. The predicted molar refractivity (Wildman–Crippen MR) is 65.0 cm³/mol. The van der Waals surface area contributed by atoms with Gasteiger partial charge in [-0.1, -0.05) is 0 Å². The van der Waals surface area contributed by atoms with Crippen LogP contribution in [0.5, 0.6) is 0 Å². The number of allylic oxidation sites excluding steroid dienone is 3. The van der Waals surface area contributed by atoms with Gasteiger partial charge in [-0.2, -0.15) is 0 Å². The van der Waals surface area contributed by atoms with Crippen LogP contribution >= 0.6 is 0 Å². The molecule has 0 fully saturated rings. The highest BCUT2D eigenvalue weighted by Crippen LogP contribution is 2.27. The molecule has 0 amide bonds. The average molecular weight is 204 g/mol. The van der Waals surface area contributed by atoms with Gasteiger partial charge in [0.05, 0.1) is 0 Å². The molecule has 82 valence electrons. The molecule has 0 unspecified atom stereocenters. The summed E-state index contributed by atoms with van der Waals surface area (Å²) in [6, 6.07) is 0. The van der Waals surface area contributed by atoms with Gasteiger partial charge in [0.2, 0.25) is 0 Å². The molecule has 0 bridgehead atoms. The van der Waals surface area contributed by atoms with E-state index in [4.69, 9.17) is 0 Å².